The first kappa shape index (κ1) is 6.18. The zero-order valence-electron chi connectivity index (χ0n) is 6.58. The molecule has 0 spiro atoms. The second-order valence-electron chi connectivity index (χ2n) is 4.42. The van der Waals surface area contributed by atoms with Crippen LogP contribution in [0.1, 0.15) is 19.8 Å². The lowest BCUT2D eigenvalue weighted by molar-refractivity contribution is -0.122. The molecule has 60 valence electrons. The Bertz CT molecular complexity index is 248. The van der Waals surface area contributed by atoms with E-state index in [1.54, 1.807) is 6.92 Å². The van der Waals surface area contributed by atoms with Crippen LogP contribution in [0.3, 0.4) is 0 Å². The van der Waals surface area contributed by atoms with E-state index in [0.717, 1.165) is 12.8 Å². The first-order valence-corrected chi connectivity index (χ1v) is 4.37. The summed E-state index contributed by atoms with van der Waals surface area (Å²) in [6, 6.07) is 0. The minimum atomic E-state index is -0.135. The number of ketones is 1. The Balaban J connectivity index is 2.04. The molecule has 0 unspecified atom stereocenters. The van der Waals surface area contributed by atoms with Gasteiger partial charge in [-0.1, -0.05) is 0 Å². The summed E-state index contributed by atoms with van der Waals surface area (Å²) in [4.78, 5) is 11.3. The maximum Gasteiger partial charge on any atom is 0.136 e. The third-order valence-corrected chi connectivity index (χ3v) is 4.24. The zero-order chi connectivity index (χ0) is 7.80. The van der Waals surface area contributed by atoms with Crippen molar-refractivity contribution in [1.82, 2.24) is 0 Å². The zero-order valence-corrected chi connectivity index (χ0v) is 6.58. The highest BCUT2D eigenvalue weighted by atomic mass is 16.3. The predicted octanol–water partition coefficient (Wildman–Crippen LogP) is 0.592. The highest BCUT2D eigenvalue weighted by Crippen LogP contribution is 2.79. The molecule has 0 amide bonds. The van der Waals surface area contributed by atoms with Crippen molar-refractivity contribution in [2.45, 2.75) is 25.9 Å². The summed E-state index contributed by atoms with van der Waals surface area (Å²) in [7, 11) is 0. The summed E-state index contributed by atoms with van der Waals surface area (Å²) in [5.74, 6) is 1.73. The van der Waals surface area contributed by atoms with Crippen molar-refractivity contribution in [3.05, 3.63) is 0 Å². The fourth-order valence-electron chi connectivity index (χ4n) is 3.77. The molecule has 0 radical (unpaired) electrons. The van der Waals surface area contributed by atoms with E-state index in [1.165, 1.54) is 0 Å². The summed E-state index contributed by atoms with van der Waals surface area (Å²) in [6.45, 7) is 1.69. The molecule has 0 aromatic heterocycles. The smallest absolute Gasteiger partial charge is 0.136 e. The second kappa shape index (κ2) is 1.40. The number of aliphatic hydroxyl groups is 1. The molecule has 4 bridgehead atoms. The van der Waals surface area contributed by atoms with Crippen LogP contribution in [0, 0.1) is 23.2 Å². The van der Waals surface area contributed by atoms with Crippen molar-refractivity contribution in [3.8, 4) is 0 Å². The van der Waals surface area contributed by atoms with Gasteiger partial charge < -0.3 is 5.11 Å². The number of aliphatic hydroxyl groups excluding tert-OH is 1. The summed E-state index contributed by atoms with van der Waals surface area (Å²) in [5, 5.41) is 9.61. The Labute approximate surface area is 65.6 Å². The minimum absolute atomic E-state index is 0.0237. The van der Waals surface area contributed by atoms with Gasteiger partial charge in [0.25, 0.3) is 0 Å². The second-order valence-corrected chi connectivity index (χ2v) is 4.42. The van der Waals surface area contributed by atoms with E-state index in [1.807, 2.05) is 0 Å². The molecule has 4 rings (SSSR count). The molecule has 4 fully saturated rings. The number of carbonyl (C=O) groups is 1. The van der Waals surface area contributed by atoms with E-state index in [0.29, 0.717) is 23.5 Å². The Kier molecular flexibility index (Phi) is 0.787. The normalized spacial score (nSPS) is 63.5. The largest absolute Gasteiger partial charge is 0.393 e. The van der Waals surface area contributed by atoms with Gasteiger partial charge in [-0.05, 0) is 31.6 Å². The van der Waals surface area contributed by atoms with Crippen LogP contribution in [0.5, 0.6) is 0 Å². The van der Waals surface area contributed by atoms with E-state index < -0.39 is 0 Å². The number of hydrogen-bond acceptors (Lipinski definition) is 2. The molecule has 5 atom stereocenters. The highest BCUT2D eigenvalue weighted by molar-refractivity contribution is 5.88. The highest BCUT2D eigenvalue weighted by Gasteiger charge is 2.80. The molecule has 1 N–H and O–H groups in total. The molecular weight excluding hydrogens is 140 g/mol. The molecule has 4 saturated carbocycles. The van der Waals surface area contributed by atoms with Crippen LogP contribution in [-0.2, 0) is 4.79 Å². The Morgan fingerprint density at radius 1 is 1.64 bits per heavy atom. The lowest BCUT2D eigenvalue weighted by atomic mass is 10.00. The van der Waals surface area contributed by atoms with Gasteiger partial charge in [0.15, 0.2) is 0 Å². The monoisotopic (exact) mass is 152 g/mol. The van der Waals surface area contributed by atoms with Crippen molar-refractivity contribution < 1.29 is 9.90 Å². The van der Waals surface area contributed by atoms with Gasteiger partial charge in [0.05, 0.1) is 6.10 Å². The van der Waals surface area contributed by atoms with E-state index in [2.05, 4.69) is 0 Å². The van der Waals surface area contributed by atoms with Gasteiger partial charge in [-0.25, -0.2) is 0 Å². The average molecular weight is 152 g/mol. The van der Waals surface area contributed by atoms with Crippen LogP contribution in [0.2, 0.25) is 0 Å². The van der Waals surface area contributed by atoms with Gasteiger partial charge in [-0.3, -0.25) is 4.79 Å². The van der Waals surface area contributed by atoms with Crippen molar-refractivity contribution in [3.63, 3.8) is 0 Å². The first-order valence-electron chi connectivity index (χ1n) is 4.37. The molecule has 4 aliphatic carbocycles. The Hall–Kier alpha value is -0.370. The Morgan fingerprint density at radius 3 is 2.55 bits per heavy atom. The standard InChI is InChI=1S/C9H12O2/c1-4(10)9-3-5-2-6(9)7(9)8(5)11/h5-8,11H,2-3H2,1H3/t5-,6-,7-,8-,9+/m0/s1. The van der Waals surface area contributed by atoms with Crippen LogP contribution in [0.15, 0.2) is 0 Å². The van der Waals surface area contributed by atoms with Crippen molar-refractivity contribution in [2.75, 3.05) is 0 Å². The third kappa shape index (κ3) is 0.418. The van der Waals surface area contributed by atoms with Crippen LogP contribution in [0.4, 0.5) is 0 Å². The molecule has 0 heterocycles. The lowest BCUT2D eigenvalue weighted by Gasteiger charge is -2.03. The molecule has 2 nitrogen and oxygen atoms in total. The van der Waals surface area contributed by atoms with Gasteiger partial charge >= 0.3 is 0 Å². The van der Waals surface area contributed by atoms with Gasteiger partial charge in [0, 0.05) is 11.3 Å². The molecule has 11 heavy (non-hydrogen) atoms. The Morgan fingerprint density at radius 2 is 2.36 bits per heavy atom. The molecular formula is C9H12O2. The van der Waals surface area contributed by atoms with Gasteiger partial charge in [-0.15, -0.1) is 0 Å². The molecule has 0 aliphatic heterocycles. The fraction of sp³-hybridized carbons (Fsp3) is 0.889. The quantitative estimate of drug-likeness (QED) is 0.597. The van der Waals surface area contributed by atoms with Gasteiger partial charge in [0.1, 0.15) is 5.78 Å². The van der Waals surface area contributed by atoms with Crippen LogP contribution in [0.25, 0.3) is 0 Å². The summed E-state index contributed by atoms with van der Waals surface area (Å²) < 4.78 is 0. The van der Waals surface area contributed by atoms with Gasteiger partial charge in [0.2, 0.25) is 0 Å². The predicted molar refractivity (Wildman–Crippen MR) is 38.8 cm³/mol. The molecule has 0 saturated heterocycles. The SMILES string of the molecule is CC(=O)[C@]12C[C@@H]3C[C@H]1[C@H]2[C@H]3O. The van der Waals surface area contributed by atoms with Crippen molar-refractivity contribution in [1.29, 1.82) is 0 Å². The minimum Gasteiger partial charge on any atom is -0.393 e. The van der Waals surface area contributed by atoms with Crippen LogP contribution in [-0.4, -0.2) is 17.0 Å². The molecule has 0 aromatic rings. The molecule has 4 aliphatic rings. The van der Waals surface area contributed by atoms with E-state index in [4.69, 9.17) is 0 Å². The van der Waals surface area contributed by atoms with Crippen molar-refractivity contribution in [2.24, 2.45) is 23.2 Å². The maximum absolute atomic E-state index is 11.3. The average Bonchev–Trinajstić information content (AvgIpc) is 2.32. The maximum atomic E-state index is 11.3. The first-order chi connectivity index (χ1) is 5.18. The summed E-state index contributed by atoms with van der Waals surface area (Å²) in [5.41, 5.74) is -0.0237. The van der Waals surface area contributed by atoms with E-state index in [-0.39, 0.29) is 11.5 Å². The number of rotatable bonds is 1. The number of hydrogen-bond donors (Lipinski definition) is 1. The fourth-order valence-corrected chi connectivity index (χ4v) is 3.77. The van der Waals surface area contributed by atoms with Crippen molar-refractivity contribution >= 4 is 5.78 Å². The van der Waals surface area contributed by atoms with Crippen LogP contribution >= 0.6 is 0 Å². The summed E-state index contributed by atoms with van der Waals surface area (Å²) in [6.07, 6.45) is 1.97. The topological polar surface area (TPSA) is 37.3 Å². The molecule has 2 heteroatoms. The number of carbonyl (C=O) groups excluding carboxylic acids is 1. The molecule has 0 aromatic carbocycles. The lowest BCUT2D eigenvalue weighted by Crippen LogP contribution is -2.13. The third-order valence-electron chi connectivity index (χ3n) is 4.24. The van der Waals surface area contributed by atoms with E-state index >= 15 is 0 Å². The number of Topliss-reactive ketones (excluding diaryl/α,β-unsaturated/α-hetero) is 1. The van der Waals surface area contributed by atoms with Gasteiger partial charge in [-0.2, -0.15) is 0 Å². The summed E-state index contributed by atoms with van der Waals surface area (Å²) >= 11 is 0. The van der Waals surface area contributed by atoms with Crippen LogP contribution < -0.4 is 0 Å². The van der Waals surface area contributed by atoms with E-state index in [9.17, 15) is 9.90 Å².